The maximum absolute atomic E-state index is 16.4. The van der Waals surface area contributed by atoms with Crippen LogP contribution in [0, 0.1) is 5.92 Å². The molecule has 3 aliphatic heterocycles. The normalized spacial score (nSPS) is 23.1. The second-order valence-corrected chi connectivity index (χ2v) is 20.5. The average Bonchev–Trinajstić information content (AvgIpc) is 3.83. The molecule has 304 valence electrons. The van der Waals surface area contributed by atoms with Gasteiger partial charge in [0.25, 0.3) is 5.91 Å². The third kappa shape index (κ3) is 8.06. The maximum Gasteiger partial charge on any atom is 0.264 e. The van der Waals surface area contributed by atoms with Crippen molar-refractivity contribution in [1.29, 1.82) is 0 Å². The van der Waals surface area contributed by atoms with Crippen LogP contribution < -0.4 is 19.9 Å². The van der Waals surface area contributed by atoms with E-state index in [1.54, 1.807) is 33.8 Å². The number of aliphatic hydroxyl groups excluding tert-OH is 2. The molecular formula is C42H52BrFN6O6Si. The zero-order valence-electron chi connectivity index (χ0n) is 33.0. The molecule has 3 aromatic carbocycles. The monoisotopic (exact) mass is 862 g/mol. The Hall–Kier alpha value is -3.99. The van der Waals surface area contributed by atoms with Gasteiger partial charge in [0.15, 0.2) is 5.60 Å². The Balaban J connectivity index is 1.16. The van der Waals surface area contributed by atoms with Gasteiger partial charge in [-0.2, -0.15) is 0 Å². The first-order chi connectivity index (χ1) is 27.4. The highest BCUT2D eigenvalue weighted by molar-refractivity contribution is 9.10. The minimum absolute atomic E-state index is 0.0277. The summed E-state index contributed by atoms with van der Waals surface area (Å²) in [6.07, 6.45) is 4.03. The van der Waals surface area contributed by atoms with E-state index in [9.17, 15) is 19.8 Å². The Kier molecular flexibility index (Phi) is 12.3. The molecule has 7 rings (SSSR count). The van der Waals surface area contributed by atoms with Crippen molar-refractivity contribution in [2.24, 2.45) is 5.92 Å². The van der Waals surface area contributed by atoms with E-state index >= 15 is 4.11 Å². The fourth-order valence-electron chi connectivity index (χ4n) is 9.04. The lowest BCUT2D eigenvalue weighted by molar-refractivity contribution is -0.146. The van der Waals surface area contributed by atoms with Gasteiger partial charge < -0.3 is 34.0 Å². The van der Waals surface area contributed by atoms with E-state index in [0.717, 1.165) is 44.7 Å². The number of nitrogens with zero attached hydrogens (tertiary/aromatic N) is 5. The number of aliphatic hydroxyl groups is 2. The SMILES string of the molecule is CCOc1ccc2c(c1)CC(NCCCCO)C(=O)N2c1ccc(CN2C(=O)[C@]3(O[C@H](CCn4cc(CCO)nn4)[C@@H]([Si](C)(C)F)[C@@H]3C)c3cc(Br)ccc32)cc1. The van der Waals surface area contributed by atoms with Gasteiger partial charge in [0.1, 0.15) is 5.75 Å². The number of carbonyl (C=O) groups excluding carboxylic acids is 2. The molecular weight excluding hydrogens is 811 g/mol. The largest absolute Gasteiger partial charge is 0.494 e. The Labute approximate surface area is 342 Å². The number of hydrogen-bond donors (Lipinski definition) is 3. The predicted octanol–water partition coefficient (Wildman–Crippen LogP) is 6.34. The van der Waals surface area contributed by atoms with Crippen molar-refractivity contribution in [3.05, 3.63) is 93.7 Å². The van der Waals surface area contributed by atoms with Crippen LogP contribution in [-0.2, 0) is 45.9 Å². The van der Waals surface area contributed by atoms with E-state index in [-0.39, 0.29) is 31.6 Å². The van der Waals surface area contributed by atoms with Crippen LogP contribution in [0.1, 0.15) is 55.5 Å². The Morgan fingerprint density at radius 3 is 2.54 bits per heavy atom. The van der Waals surface area contributed by atoms with E-state index in [4.69, 9.17) is 9.47 Å². The topological polar surface area (TPSA) is 142 Å². The summed E-state index contributed by atoms with van der Waals surface area (Å²) in [6, 6.07) is 18.8. The van der Waals surface area contributed by atoms with Crippen LogP contribution >= 0.6 is 15.9 Å². The fourth-order valence-corrected chi connectivity index (χ4v) is 11.9. The van der Waals surface area contributed by atoms with Gasteiger partial charge in [0.2, 0.25) is 14.3 Å². The highest BCUT2D eigenvalue weighted by atomic mass is 79.9. The lowest BCUT2D eigenvalue weighted by Gasteiger charge is -2.35. The van der Waals surface area contributed by atoms with Gasteiger partial charge in [-0.1, -0.05) is 40.2 Å². The van der Waals surface area contributed by atoms with E-state index < -0.39 is 37.6 Å². The van der Waals surface area contributed by atoms with Crippen molar-refractivity contribution in [2.75, 3.05) is 36.2 Å². The molecule has 4 heterocycles. The lowest BCUT2D eigenvalue weighted by atomic mass is 9.82. The number of unbranched alkanes of at least 4 members (excludes halogenated alkanes) is 1. The van der Waals surface area contributed by atoms with Gasteiger partial charge in [-0.05, 0) is 112 Å². The zero-order chi connectivity index (χ0) is 40.5. The van der Waals surface area contributed by atoms with E-state index in [1.165, 1.54) is 0 Å². The summed E-state index contributed by atoms with van der Waals surface area (Å²) in [5.41, 5.74) is 3.64. The first-order valence-corrected chi connectivity index (χ1v) is 23.7. The summed E-state index contributed by atoms with van der Waals surface area (Å²) in [5, 5.41) is 30.3. The number of rotatable bonds is 16. The second kappa shape index (κ2) is 17.1. The van der Waals surface area contributed by atoms with Crippen molar-refractivity contribution in [3.63, 3.8) is 0 Å². The van der Waals surface area contributed by atoms with Crippen LogP contribution in [0.4, 0.5) is 21.2 Å². The summed E-state index contributed by atoms with van der Waals surface area (Å²) in [6.45, 7) is 9.18. The third-order valence-corrected chi connectivity index (χ3v) is 14.5. The molecule has 1 aromatic heterocycles. The number of aryl methyl sites for hydroxylation is 1. The van der Waals surface area contributed by atoms with Crippen molar-refractivity contribution in [1.82, 2.24) is 20.3 Å². The summed E-state index contributed by atoms with van der Waals surface area (Å²) < 4.78 is 31.6. The first kappa shape index (κ1) is 41.2. The molecule has 1 fully saturated rings. The number of hydrogen-bond acceptors (Lipinski definition) is 9. The smallest absolute Gasteiger partial charge is 0.264 e. The van der Waals surface area contributed by atoms with Crippen LogP contribution in [0.5, 0.6) is 5.75 Å². The summed E-state index contributed by atoms with van der Waals surface area (Å²) in [4.78, 5) is 32.5. The van der Waals surface area contributed by atoms with Gasteiger partial charge in [-0.15, -0.1) is 5.10 Å². The quantitative estimate of drug-likeness (QED) is 0.0669. The number of carbonyl (C=O) groups is 2. The minimum Gasteiger partial charge on any atom is -0.494 e. The van der Waals surface area contributed by atoms with E-state index in [1.807, 2.05) is 74.5 Å². The molecule has 15 heteroatoms. The lowest BCUT2D eigenvalue weighted by Crippen LogP contribution is -2.49. The summed E-state index contributed by atoms with van der Waals surface area (Å²) in [7, 11) is -3.37. The maximum atomic E-state index is 16.4. The Bertz CT molecular complexity index is 2080. The molecule has 2 amide bonds. The minimum atomic E-state index is -3.37. The third-order valence-electron chi connectivity index (χ3n) is 11.6. The molecule has 12 nitrogen and oxygen atoms in total. The Morgan fingerprint density at radius 1 is 1.05 bits per heavy atom. The van der Waals surface area contributed by atoms with Crippen LogP contribution in [0.2, 0.25) is 18.6 Å². The molecule has 5 atom stereocenters. The van der Waals surface area contributed by atoms with Crippen molar-refractivity contribution >= 4 is 53.2 Å². The predicted molar refractivity (Wildman–Crippen MR) is 222 cm³/mol. The van der Waals surface area contributed by atoms with Gasteiger partial charge >= 0.3 is 0 Å². The van der Waals surface area contributed by atoms with Crippen molar-refractivity contribution in [2.45, 2.75) is 95.4 Å². The molecule has 3 N–H and O–H groups in total. The molecule has 4 aromatic rings. The zero-order valence-corrected chi connectivity index (χ0v) is 35.5. The highest BCUT2D eigenvalue weighted by Crippen LogP contribution is 2.60. The number of ether oxygens (including phenoxy) is 2. The molecule has 3 aliphatic rings. The fraction of sp³-hybridized carbons (Fsp3) is 0.476. The van der Waals surface area contributed by atoms with Crippen LogP contribution in [0.25, 0.3) is 0 Å². The van der Waals surface area contributed by atoms with Crippen LogP contribution in [0.15, 0.2) is 71.3 Å². The molecule has 1 unspecified atom stereocenters. The molecule has 57 heavy (non-hydrogen) atoms. The first-order valence-electron chi connectivity index (χ1n) is 19.9. The number of fused-ring (bicyclic) bond motifs is 3. The molecule has 0 radical (unpaired) electrons. The second-order valence-electron chi connectivity index (χ2n) is 15.8. The van der Waals surface area contributed by atoms with Crippen LogP contribution in [-0.4, -0.2) is 83.9 Å². The van der Waals surface area contributed by atoms with Crippen molar-refractivity contribution < 1.29 is 33.4 Å². The standard InChI is InChI=1S/C42H52BrFN6O6Si/c1-5-55-33-13-15-36-29(22-33)23-35(45-18-6-7-20-51)40(53)50(36)32-11-8-28(9-12-32)25-49-37-14-10-30(43)24-34(37)42(41(49)54)27(2)39(57(3,4)44)38(56-42)16-19-48-26-31(17-21-52)46-47-48/h8-15,22,24,26-27,35,38-39,45,51-52H,5-7,16-21,23,25H2,1-4H3/t27-,35?,38+,39-,42+/m0/s1. The van der Waals surface area contributed by atoms with E-state index in [2.05, 4.69) is 31.6 Å². The molecule has 1 spiro atoms. The summed E-state index contributed by atoms with van der Waals surface area (Å²) in [5.74, 6) is 0.0226. The molecule has 0 aliphatic carbocycles. The Morgan fingerprint density at radius 2 is 1.82 bits per heavy atom. The number of anilines is 3. The molecule has 0 bridgehead atoms. The summed E-state index contributed by atoms with van der Waals surface area (Å²) >= 11 is 3.63. The van der Waals surface area contributed by atoms with Gasteiger partial charge in [0.05, 0.1) is 42.4 Å². The van der Waals surface area contributed by atoms with Crippen molar-refractivity contribution in [3.8, 4) is 5.75 Å². The average molecular weight is 864 g/mol. The molecule has 0 saturated carbocycles. The van der Waals surface area contributed by atoms with Gasteiger partial charge in [-0.25, -0.2) is 0 Å². The number of halogens is 2. The highest BCUT2D eigenvalue weighted by Gasteiger charge is 2.66. The van der Waals surface area contributed by atoms with Gasteiger partial charge in [0, 0.05) is 59.6 Å². The number of nitrogens with one attached hydrogen (secondary N) is 1. The number of benzene rings is 3. The number of aromatic nitrogens is 3. The number of amides is 2. The van der Waals surface area contributed by atoms with Crippen LogP contribution in [0.3, 0.4) is 0 Å². The molecule has 1 saturated heterocycles. The van der Waals surface area contributed by atoms with E-state index in [0.29, 0.717) is 56.8 Å². The van der Waals surface area contributed by atoms with Gasteiger partial charge in [-0.3, -0.25) is 19.2 Å².